The number of rotatable bonds is 4. The lowest BCUT2D eigenvalue weighted by atomic mass is 10.0. The van der Waals surface area contributed by atoms with Gasteiger partial charge in [-0.25, -0.2) is 0 Å². The zero-order valence-electron chi connectivity index (χ0n) is 10.3. The average molecular weight is 236 g/mol. The molecule has 1 aromatic heterocycles. The Hall–Kier alpha value is -1.29. The summed E-state index contributed by atoms with van der Waals surface area (Å²) in [5, 5.41) is 2.91. The minimum atomic E-state index is -0.0524. The van der Waals surface area contributed by atoms with E-state index in [-0.39, 0.29) is 5.91 Å². The second-order valence-electron chi connectivity index (χ2n) is 4.65. The third kappa shape index (κ3) is 3.33. The van der Waals surface area contributed by atoms with Crippen LogP contribution in [0.1, 0.15) is 36.5 Å². The summed E-state index contributed by atoms with van der Waals surface area (Å²) in [6.07, 6.45) is 6.87. The van der Waals surface area contributed by atoms with E-state index in [2.05, 4.69) is 17.1 Å². The minimum absolute atomic E-state index is 0.0524. The van der Waals surface area contributed by atoms with Crippen LogP contribution in [0.3, 0.4) is 0 Å². The highest BCUT2D eigenvalue weighted by atomic mass is 16.3. The summed E-state index contributed by atoms with van der Waals surface area (Å²) in [4.78, 5) is 14.1. The Kier molecular flexibility index (Phi) is 4.20. The average Bonchev–Trinajstić information content (AvgIpc) is 2.85. The Balaban J connectivity index is 1.70. The normalized spacial score (nSPS) is 21.4. The van der Waals surface area contributed by atoms with E-state index in [1.165, 1.54) is 31.8 Å². The molecule has 1 aliphatic heterocycles. The maximum absolute atomic E-state index is 11.6. The molecule has 1 amide bonds. The van der Waals surface area contributed by atoms with Crippen LogP contribution in [0.25, 0.3) is 0 Å². The summed E-state index contributed by atoms with van der Waals surface area (Å²) in [5.41, 5.74) is 0.594. The number of furan rings is 1. The van der Waals surface area contributed by atoms with Crippen LogP contribution in [0.15, 0.2) is 23.0 Å². The molecular weight excluding hydrogens is 216 g/mol. The number of hydrogen-bond donors (Lipinski definition) is 1. The highest BCUT2D eigenvalue weighted by molar-refractivity contribution is 5.93. The van der Waals surface area contributed by atoms with E-state index in [9.17, 15) is 4.79 Å². The molecule has 1 fully saturated rings. The molecule has 1 saturated heterocycles. The molecule has 0 spiro atoms. The zero-order chi connectivity index (χ0) is 12.1. The number of carbonyl (C=O) groups excluding carboxylic acids is 1. The van der Waals surface area contributed by atoms with Gasteiger partial charge in [-0.15, -0.1) is 0 Å². The van der Waals surface area contributed by atoms with Crippen molar-refractivity contribution in [1.82, 2.24) is 10.2 Å². The van der Waals surface area contributed by atoms with Crippen LogP contribution in [-0.4, -0.2) is 36.5 Å². The van der Waals surface area contributed by atoms with Crippen molar-refractivity contribution in [2.45, 2.75) is 32.2 Å². The first-order chi connectivity index (χ1) is 8.27. The molecule has 94 valence electrons. The fourth-order valence-electron chi connectivity index (χ4n) is 2.30. The molecule has 2 heterocycles. The first kappa shape index (κ1) is 12.2. The first-order valence-electron chi connectivity index (χ1n) is 6.32. The smallest absolute Gasteiger partial charge is 0.254 e. The van der Waals surface area contributed by atoms with E-state index in [1.807, 2.05) is 0 Å². The Bertz CT molecular complexity index is 348. The first-order valence-corrected chi connectivity index (χ1v) is 6.32. The number of likely N-dealkylation sites (tertiary alicyclic amines) is 1. The second-order valence-corrected chi connectivity index (χ2v) is 4.65. The molecular formula is C13H20N2O2. The predicted octanol–water partition coefficient (Wildman–Crippen LogP) is 1.88. The van der Waals surface area contributed by atoms with Crippen molar-refractivity contribution in [2.24, 2.45) is 0 Å². The second kappa shape index (κ2) is 5.87. The molecule has 2 rings (SSSR count). The fraction of sp³-hybridized carbons (Fsp3) is 0.615. The summed E-state index contributed by atoms with van der Waals surface area (Å²) < 4.78 is 4.88. The van der Waals surface area contributed by atoms with Crippen LogP contribution < -0.4 is 5.32 Å². The summed E-state index contributed by atoms with van der Waals surface area (Å²) in [6, 6.07) is 2.33. The lowest BCUT2D eigenvalue weighted by Gasteiger charge is -2.33. The monoisotopic (exact) mass is 236 g/mol. The van der Waals surface area contributed by atoms with Gasteiger partial charge in [0.25, 0.3) is 5.91 Å². The van der Waals surface area contributed by atoms with Crippen molar-refractivity contribution < 1.29 is 9.21 Å². The maximum atomic E-state index is 11.6. The van der Waals surface area contributed by atoms with Gasteiger partial charge in [-0.05, 0) is 32.4 Å². The molecule has 0 unspecified atom stereocenters. The number of amides is 1. The molecule has 0 aromatic carbocycles. The van der Waals surface area contributed by atoms with Crippen LogP contribution in [0.4, 0.5) is 0 Å². The van der Waals surface area contributed by atoms with E-state index in [0.717, 1.165) is 13.1 Å². The van der Waals surface area contributed by atoms with Crippen molar-refractivity contribution in [1.29, 1.82) is 0 Å². The van der Waals surface area contributed by atoms with Gasteiger partial charge in [-0.1, -0.05) is 6.42 Å². The molecule has 1 atom stereocenters. The maximum Gasteiger partial charge on any atom is 0.254 e. The Morgan fingerprint density at radius 2 is 2.47 bits per heavy atom. The van der Waals surface area contributed by atoms with Crippen LogP contribution in [0.5, 0.6) is 0 Å². The van der Waals surface area contributed by atoms with Crippen molar-refractivity contribution in [3.63, 3.8) is 0 Å². The molecule has 1 N–H and O–H groups in total. The molecule has 1 aromatic rings. The molecule has 4 heteroatoms. The zero-order valence-corrected chi connectivity index (χ0v) is 10.3. The third-order valence-corrected chi connectivity index (χ3v) is 3.41. The lowest BCUT2D eigenvalue weighted by Crippen LogP contribution is -2.42. The van der Waals surface area contributed by atoms with E-state index in [1.54, 1.807) is 6.07 Å². The molecule has 1 aliphatic rings. The molecule has 0 radical (unpaired) electrons. The fourth-order valence-corrected chi connectivity index (χ4v) is 2.30. The molecule has 0 aliphatic carbocycles. The summed E-state index contributed by atoms with van der Waals surface area (Å²) in [6.45, 7) is 5.05. The Morgan fingerprint density at radius 3 is 3.18 bits per heavy atom. The van der Waals surface area contributed by atoms with Crippen LogP contribution in [0, 0.1) is 0 Å². The van der Waals surface area contributed by atoms with E-state index in [0.29, 0.717) is 18.2 Å². The predicted molar refractivity (Wildman–Crippen MR) is 65.9 cm³/mol. The van der Waals surface area contributed by atoms with Crippen molar-refractivity contribution in [3.05, 3.63) is 24.2 Å². The molecule has 0 bridgehead atoms. The van der Waals surface area contributed by atoms with Gasteiger partial charge in [0.15, 0.2) is 0 Å². The SMILES string of the molecule is C[C@@H]1CCCCN1CCNC(=O)c1ccoc1. The standard InChI is InChI=1S/C13H20N2O2/c1-11-4-2-3-7-15(11)8-6-14-13(16)12-5-9-17-10-12/h5,9-11H,2-4,6-8H2,1H3,(H,14,16)/t11-/m1/s1. The topological polar surface area (TPSA) is 45.5 Å². The Labute approximate surface area is 102 Å². The van der Waals surface area contributed by atoms with Crippen LogP contribution in [0.2, 0.25) is 0 Å². The molecule has 17 heavy (non-hydrogen) atoms. The van der Waals surface area contributed by atoms with E-state index >= 15 is 0 Å². The Morgan fingerprint density at radius 1 is 1.59 bits per heavy atom. The van der Waals surface area contributed by atoms with Gasteiger partial charge < -0.3 is 9.73 Å². The van der Waals surface area contributed by atoms with E-state index < -0.39 is 0 Å². The van der Waals surface area contributed by atoms with Gasteiger partial charge in [0, 0.05) is 19.1 Å². The highest BCUT2D eigenvalue weighted by Crippen LogP contribution is 2.15. The summed E-state index contributed by atoms with van der Waals surface area (Å²) in [5.74, 6) is -0.0524. The van der Waals surface area contributed by atoms with Gasteiger partial charge in [-0.3, -0.25) is 9.69 Å². The molecule has 4 nitrogen and oxygen atoms in total. The van der Waals surface area contributed by atoms with Crippen LogP contribution >= 0.6 is 0 Å². The summed E-state index contributed by atoms with van der Waals surface area (Å²) >= 11 is 0. The van der Waals surface area contributed by atoms with Gasteiger partial charge in [0.05, 0.1) is 11.8 Å². The number of nitrogens with one attached hydrogen (secondary N) is 1. The minimum Gasteiger partial charge on any atom is -0.472 e. The number of piperidine rings is 1. The number of carbonyl (C=O) groups is 1. The van der Waals surface area contributed by atoms with Crippen molar-refractivity contribution in [2.75, 3.05) is 19.6 Å². The summed E-state index contributed by atoms with van der Waals surface area (Å²) in [7, 11) is 0. The van der Waals surface area contributed by atoms with Gasteiger partial charge in [0.2, 0.25) is 0 Å². The van der Waals surface area contributed by atoms with Crippen LogP contribution in [-0.2, 0) is 0 Å². The van der Waals surface area contributed by atoms with Gasteiger partial charge >= 0.3 is 0 Å². The number of nitrogens with zero attached hydrogens (tertiary/aromatic N) is 1. The van der Waals surface area contributed by atoms with Crippen molar-refractivity contribution >= 4 is 5.91 Å². The van der Waals surface area contributed by atoms with E-state index in [4.69, 9.17) is 4.42 Å². The molecule has 0 saturated carbocycles. The lowest BCUT2D eigenvalue weighted by molar-refractivity contribution is 0.0938. The largest absolute Gasteiger partial charge is 0.472 e. The van der Waals surface area contributed by atoms with Gasteiger partial charge in [-0.2, -0.15) is 0 Å². The van der Waals surface area contributed by atoms with Gasteiger partial charge in [0.1, 0.15) is 6.26 Å². The third-order valence-electron chi connectivity index (χ3n) is 3.41. The van der Waals surface area contributed by atoms with Crippen molar-refractivity contribution in [3.8, 4) is 0 Å². The quantitative estimate of drug-likeness (QED) is 0.868. The number of hydrogen-bond acceptors (Lipinski definition) is 3. The highest BCUT2D eigenvalue weighted by Gasteiger charge is 2.17.